The van der Waals surface area contributed by atoms with E-state index in [1.165, 1.54) is 18.3 Å². The van der Waals surface area contributed by atoms with Crippen LogP contribution in [0.3, 0.4) is 0 Å². The van der Waals surface area contributed by atoms with Crippen LogP contribution in [0.2, 0.25) is 0 Å². The summed E-state index contributed by atoms with van der Waals surface area (Å²) >= 11 is 1.27. The number of ether oxygens (including phenoxy) is 2. The Kier molecular flexibility index (Phi) is 6.82. The molecule has 2 heterocycles. The van der Waals surface area contributed by atoms with Crippen LogP contribution in [-0.2, 0) is 14.3 Å². The highest BCUT2D eigenvalue weighted by atomic mass is 32.1. The number of aromatic nitrogens is 1. The first-order chi connectivity index (χ1) is 14.5. The lowest BCUT2D eigenvalue weighted by atomic mass is 9.96. The summed E-state index contributed by atoms with van der Waals surface area (Å²) < 4.78 is 12.3. The number of para-hydroxylation sites is 1. The molecule has 10 nitrogen and oxygen atoms in total. The molecule has 1 aliphatic rings. The van der Waals surface area contributed by atoms with Gasteiger partial charge < -0.3 is 35.4 Å². The van der Waals surface area contributed by atoms with E-state index in [4.69, 9.17) is 9.47 Å². The predicted molar refractivity (Wildman–Crippen MR) is 114 cm³/mol. The summed E-state index contributed by atoms with van der Waals surface area (Å²) in [5.74, 6) is -0.334. The third-order valence-electron chi connectivity index (χ3n) is 4.78. The van der Waals surface area contributed by atoms with Gasteiger partial charge in [-0.05, 0) is 12.1 Å². The van der Waals surface area contributed by atoms with Crippen molar-refractivity contribution in [1.82, 2.24) is 10.3 Å². The molecular weight excluding hydrogens is 426 g/mol. The van der Waals surface area contributed by atoms with Crippen molar-refractivity contribution in [1.29, 1.82) is 0 Å². The van der Waals surface area contributed by atoms with Crippen molar-refractivity contribution in [3.63, 3.8) is 0 Å². The zero-order valence-electron chi connectivity index (χ0n) is 17.7. The molecule has 5 atom stereocenters. The van der Waals surface area contributed by atoms with Gasteiger partial charge in [-0.1, -0.05) is 38.2 Å². The Labute approximate surface area is 183 Å². The minimum absolute atomic E-state index is 0.182. The topological polar surface area (TPSA) is 150 Å². The van der Waals surface area contributed by atoms with Crippen molar-refractivity contribution in [2.24, 2.45) is 5.41 Å². The maximum Gasteiger partial charge on any atom is 0.231 e. The second kappa shape index (κ2) is 9.05. The number of aliphatic hydroxyl groups excluding tert-OH is 3. The normalized spacial score (nSPS) is 26.5. The zero-order chi connectivity index (χ0) is 22.9. The van der Waals surface area contributed by atoms with Crippen LogP contribution in [0, 0.1) is 5.41 Å². The summed E-state index contributed by atoms with van der Waals surface area (Å²) in [4.78, 5) is 28.3. The van der Waals surface area contributed by atoms with Gasteiger partial charge >= 0.3 is 0 Å². The Hall–Kier alpha value is -2.31. The van der Waals surface area contributed by atoms with Gasteiger partial charge in [0.05, 0.1) is 11.3 Å². The number of anilines is 1. The molecule has 1 aliphatic heterocycles. The van der Waals surface area contributed by atoms with E-state index in [-0.39, 0.29) is 5.91 Å². The summed E-state index contributed by atoms with van der Waals surface area (Å²) in [6.45, 7) is 6.10. The first-order valence-electron chi connectivity index (χ1n) is 9.78. The summed E-state index contributed by atoms with van der Waals surface area (Å²) in [5.41, 5.74) is -0.127. The molecular formula is C20H27N3O7S. The number of amides is 2. The lowest BCUT2D eigenvalue weighted by molar-refractivity contribution is -0.244. The maximum absolute atomic E-state index is 12.3. The predicted octanol–water partition coefficient (Wildman–Crippen LogP) is 0.603. The second-order valence-corrected chi connectivity index (χ2v) is 9.41. The van der Waals surface area contributed by atoms with Crippen LogP contribution in [0.5, 0.6) is 5.75 Å². The van der Waals surface area contributed by atoms with E-state index >= 15 is 0 Å². The first-order valence-corrected chi connectivity index (χ1v) is 10.6. The van der Waals surface area contributed by atoms with Crippen LogP contribution in [0.4, 0.5) is 5.13 Å². The average Bonchev–Trinajstić information content (AvgIpc) is 3.10. The molecule has 170 valence electrons. The lowest BCUT2D eigenvalue weighted by Crippen LogP contribution is -2.65. The van der Waals surface area contributed by atoms with Crippen molar-refractivity contribution in [3.05, 3.63) is 18.2 Å². The zero-order valence-corrected chi connectivity index (χ0v) is 18.5. The van der Waals surface area contributed by atoms with E-state index in [0.717, 1.165) is 4.70 Å². The van der Waals surface area contributed by atoms with Crippen LogP contribution in [-0.4, -0.2) is 69.4 Å². The number of nitrogens with zero attached hydrogens (tertiary/aromatic N) is 1. The molecule has 31 heavy (non-hydrogen) atoms. The Morgan fingerprint density at radius 3 is 2.58 bits per heavy atom. The minimum Gasteiger partial charge on any atom is -0.460 e. The average molecular weight is 454 g/mol. The third kappa shape index (κ3) is 5.13. The van der Waals surface area contributed by atoms with Gasteiger partial charge in [-0.3, -0.25) is 9.59 Å². The van der Waals surface area contributed by atoms with E-state index in [1.807, 2.05) is 6.07 Å². The molecule has 2 aromatic rings. The molecule has 1 fully saturated rings. The van der Waals surface area contributed by atoms with Crippen LogP contribution in [0.15, 0.2) is 18.2 Å². The van der Waals surface area contributed by atoms with Crippen LogP contribution in [0.25, 0.3) is 10.2 Å². The standard InChI is InChI=1S/C20H27N3O7S/c1-9(25)21-14-16(27)15(26)11(8-24)30-17(14)29-10-6-5-7-12-13(10)22-19(31-12)23-18(28)20(2,3)4/h5-7,11,14-17,24,26-27H,8H2,1-4H3,(H,21,25)(H,22,23,28). The fraction of sp³-hybridized carbons (Fsp3) is 0.550. The van der Waals surface area contributed by atoms with Crippen molar-refractivity contribution in [3.8, 4) is 5.75 Å². The smallest absolute Gasteiger partial charge is 0.231 e. The third-order valence-corrected chi connectivity index (χ3v) is 5.71. The monoisotopic (exact) mass is 453 g/mol. The van der Waals surface area contributed by atoms with E-state index < -0.39 is 48.6 Å². The molecule has 1 aromatic carbocycles. The molecule has 1 saturated heterocycles. The fourth-order valence-electron chi connectivity index (χ4n) is 3.05. The first kappa shape index (κ1) is 23.4. The largest absolute Gasteiger partial charge is 0.460 e. The van der Waals surface area contributed by atoms with E-state index in [2.05, 4.69) is 15.6 Å². The molecule has 0 bridgehead atoms. The van der Waals surface area contributed by atoms with Gasteiger partial charge in [-0.2, -0.15) is 0 Å². The molecule has 0 radical (unpaired) electrons. The van der Waals surface area contributed by atoms with Gasteiger partial charge in [0.25, 0.3) is 0 Å². The number of hydrogen-bond acceptors (Lipinski definition) is 9. The van der Waals surface area contributed by atoms with Gasteiger partial charge in [0.2, 0.25) is 18.1 Å². The number of thiazole rings is 1. The number of carbonyl (C=O) groups is 2. The molecule has 5 unspecified atom stereocenters. The molecule has 2 amide bonds. The van der Waals surface area contributed by atoms with Gasteiger partial charge in [0.1, 0.15) is 35.6 Å². The van der Waals surface area contributed by atoms with Gasteiger partial charge in [0, 0.05) is 12.3 Å². The highest BCUT2D eigenvalue weighted by Crippen LogP contribution is 2.35. The summed E-state index contributed by atoms with van der Waals surface area (Å²) in [5, 5.41) is 35.7. The number of fused-ring (bicyclic) bond motifs is 1. The molecule has 11 heteroatoms. The van der Waals surface area contributed by atoms with Gasteiger partial charge in [-0.15, -0.1) is 0 Å². The summed E-state index contributed by atoms with van der Waals surface area (Å²) in [6.07, 6.45) is -5.12. The maximum atomic E-state index is 12.3. The van der Waals surface area contributed by atoms with E-state index in [0.29, 0.717) is 16.4 Å². The SMILES string of the molecule is CC(=O)NC1C(Oc2cccc3sc(NC(=O)C(C)(C)C)nc23)OC(CO)C(O)C1O. The van der Waals surface area contributed by atoms with Gasteiger partial charge in [-0.25, -0.2) is 4.98 Å². The highest BCUT2D eigenvalue weighted by molar-refractivity contribution is 7.22. The highest BCUT2D eigenvalue weighted by Gasteiger charge is 2.46. The van der Waals surface area contributed by atoms with E-state index in [9.17, 15) is 24.9 Å². The molecule has 0 aliphatic carbocycles. The molecule has 3 rings (SSSR count). The molecule has 1 aromatic heterocycles. The Morgan fingerprint density at radius 2 is 1.97 bits per heavy atom. The summed E-state index contributed by atoms with van der Waals surface area (Å²) in [6, 6.07) is 4.10. The Morgan fingerprint density at radius 1 is 1.26 bits per heavy atom. The van der Waals surface area contributed by atoms with Crippen molar-refractivity contribution >= 4 is 38.5 Å². The Balaban J connectivity index is 1.89. The number of hydrogen-bond donors (Lipinski definition) is 5. The summed E-state index contributed by atoms with van der Waals surface area (Å²) in [7, 11) is 0. The lowest BCUT2D eigenvalue weighted by Gasteiger charge is -2.42. The van der Waals surface area contributed by atoms with Gasteiger partial charge in [0.15, 0.2) is 5.13 Å². The molecule has 0 spiro atoms. The van der Waals surface area contributed by atoms with Crippen molar-refractivity contribution in [2.75, 3.05) is 11.9 Å². The number of carbonyl (C=O) groups excluding carboxylic acids is 2. The van der Waals surface area contributed by atoms with Crippen LogP contribution in [0.1, 0.15) is 27.7 Å². The molecule has 5 N–H and O–H groups in total. The molecule has 0 saturated carbocycles. The van der Waals surface area contributed by atoms with Crippen molar-refractivity contribution in [2.45, 2.75) is 58.3 Å². The number of rotatable bonds is 5. The van der Waals surface area contributed by atoms with Crippen LogP contribution >= 0.6 is 11.3 Å². The number of aliphatic hydroxyl groups is 3. The Bertz CT molecular complexity index is 958. The number of benzene rings is 1. The van der Waals surface area contributed by atoms with Crippen LogP contribution < -0.4 is 15.4 Å². The second-order valence-electron chi connectivity index (χ2n) is 8.38. The van der Waals surface area contributed by atoms with Crippen molar-refractivity contribution < 1.29 is 34.4 Å². The quantitative estimate of drug-likeness (QED) is 0.442. The fourth-order valence-corrected chi connectivity index (χ4v) is 3.93. The minimum atomic E-state index is -1.42. The number of nitrogens with one attached hydrogen (secondary N) is 2. The van der Waals surface area contributed by atoms with E-state index in [1.54, 1.807) is 32.9 Å².